The molecule has 4 amide bonds. The molecule has 0 aliphatic carbocycles. The summed E-state index contributed by atoms with van der Waals surface area (Å²) >= 11 is 4.03. The Morgan fingerprint density at radius 3 is 1.77 bits per heavy atom. The number of carboxylic acid groups (broad SMARTS) is 1. The van der Waals surface area contributed by atoms with Crippen LogP contribution in [-0.2, 0) is 24.0 Å². The van der Waals surface area contributed by atoms with Gasteiger partial charge < -0.3 is 32.5 Å². The van der Waals surface area contributed by atoms with Crippen LogP contribution in [0, 0.1) is 11.8 Å². The molecule has 30 heavy (non-hydrogen) atoms. The summed E-state index contributed by atoms with van der Waals surface area (Å²) in [6.07, 6.45) is -0.274. The molecule has 4 atom stereocenters. The van der Waals surface area contributed by atoms with Crippen molar-refractivity contribution in [2.24, 2.45) is 23.3 Å². The highest BCUT2D eigenvalue weighted by Gasteiger charge is 2.31. The van der Waals surface area contributed by atoms with Crippen LogP contribution < -0.4 is 27.4 Å². The second-order valence-electron chi connectivity index (χ2n) is 7.65. The second kappa shape index (κ2) is 13.1. The average molecular weight is 448 g/mol. The van der Waals surface area contributed by atoms with Gasteiger partial charge in [-0.25, -0.2) is 4.79 Å². The predicted octanol–water partition coefficient (Wildman–Crippen LogP) is -1.64. The van der Waals surface area contributed by atoms with Gasteiger partial charge in [0, 0.05) is 12.2 Å². The van der Waals surface area contributed by atoms with Crippen LogP contribution in [0.5, 0.6) is 0 Å². The Kier molecular flexibility index (Phi) is 12.0. The molecule has 0 aliphatic heterocycles. The monoisotopic (exact) mass is 447 g/mol. The minimum absolute atomic E-state index is 0.0949. The number of carbonyl (C=O) groups is 5. The van der Waals surface area contributed by atoms with Crippen molar-refractivity contribution in [3.05, 3.63) is 0 Å². The first-order chi connectivity index (χ1) is 13.8. The van der Waals surface area contributed by atoms with E-state index in [0.29, 0.717) is 0 Å². The Morgan fingerprint density at radius 1 is 0.867 bits per heavy atom. The highest BCUT2D eigenvalue weighted by molar-refractivity contribution is 7.80. The summed E-state index contributed by atoms with van der Waals surface area (Å²) in [7, 11) is 0. The number of hydrogen-bond donors (Lipinski definition) is 7. The molecule has 0 rings (SSSR count). The molecule has 0 aliphatic rings. The van der Waals surface area contributed by atoms with Crippen LogP contribution in [0.4, 0.5) is 0 Å². The lowest BCUT2D eigenvalue weighted by molar-refractivity contribution is -0.143. The van der Waals surface area contributed by atoms with Gasteiger partial charge in [-0.05, 0) is 18.3 Å². The molecule has 0 fully saturated rings. The van der Waals surface area contributed by atoms with Crippen molar-refractivity contribution in [2.45, 2.75) is 64.7 Å². The molecular formula is C18H33N5O6S. The van der Waals surface area contributed by atoms with E-state index in [0.717, 1.165) is 0 Å². The molecule has 172 valence electrons. The zero-order chi connectivity index (χ0) is 23.6. The minimum Gasteiger partial charge on any atom is -0.480 e. The van der Waals surface area contributed by atoms with Gasteiger partial charge in [-0.3, -0.25) is 19.2 Å². The second-order valence-corrected chi connectivity index (χ2v) is 8.01. The summed E-state index contributed by atoms with van der Waals surface area (Å²) in [5, 5.41) is 16.4. The number of primary amides is 1. The lowest BCUT2D eigenvalue weighted by atomic mass is 10.0. The van der Waals surface area contributed by atoms with Gasteiger partial charge in [-0.2, -0.15) is 12.6 Å². The van der Waals surface area contributed by atoms with Crippen molar-refractivity contribution in [3.8, 4) is 0 Å². The molecular weight excluding hydrogens is 414 g/mol. The fraction of sp³-hybridized carbons (Fsp3) is 0.722. The van der Waals surface area contributed by atoms with Gasteiger partial charge >= 0.3 is 5.97 Å². The molecule has 0 radical (unpaired) electrons. The molecule has 0 aromatic heterocycles. The number of carboxylic acids is 1. The summed E-state index contributed by atoms with van der Waals surface area (Å²) in [5.41, 5.74) is 10.9. The van der Waals surface area contributed by atoms with Crippen LogP contribution in [0.25, 0.3) is 0 Å². The Balaban J connectivity index is 5.30. The molecule has 0 spiro atoms. The Bertz CT molecular complexity index is 643. The van der Waals surface area contributed by atoms with Crippen molar-refractivity contribution >= 4 is 42.2 Å². The largest absolute Gasteiger partial charge is 0.480 e. The summed E-state index contributed by atoms with van der Waals surface area (Å²) in [5.74, 6) is -4.65. The standard InChI is InChI=1S/C18H33N5O6S/c1-8(2)13(20)17(27)21-10(5-6-12(19)24)15(25)22-11(7-30)16(26)23-14(9(3)4)18(28)29/h8-11,13-14,30H,5-7,20H2,1-4H3,(H2,19,24)(H,21,27)(H,22,25)(H,23,26)(H,28,29). The van der Waals surface area contributed by atoms with E-state index in [4.69, 9.17) is 11.5 Å². The van der Waals surface area contributed by atoms with E-state index in [1.807, 2.05) is 0 Å². The van der Waals surface area contributed by atoms with Crippen molar-refractivity contribution in [2.75, 3.05) is 5.75 Å². The molecule has 12 heteroatoms. The zero-order valence-corrected chi connectivity index (χ0v) is 18.6. The number of rotatable bonds is 13. The number of amides is 4. The summed E-state index contributed by atoms with van der Waals surface area (Å²) < 4.78 is 0. The maximum atomic E-state index is 12.7. The molecule has 11 nitrogen and oxygen atoms in total. The Hall–Kier alpha value is -2.34. The van der Waals surface area contributed by atoms with E-state index in [-0.39, 0.29) is 30.4 Å². The maximum absolute atomic E-state index is 12.7. The quantitative estimate of drug-likeness (QED) is 0.164. The lowest BCUT2D eigenvalue weighted by Gasteiger charge is -2.25. The highest BCUT2D eigenvalue weighted by atomic mass is 32.1. The number of nitrogens with two attached hydrogens (primary N) is 2. The van der Waals surface area contributed by atoms with Gasteiger partial charge in [-0.1, -0.05) is 27.7 Å². The van der Waals surface area contributed by atoms with Crippen LogP contribution in [0.15, 0.2) is 0 Å². The maximum Gasteiger partial charge on any atom is 0.326 e. The smallest absolute Gasteiger partial charge is 0.326 e. The third-order valence-electron chi connectivity index (χ3n) is 4.38. The number of hydrogen-bond acceptors (Lipinski definition) is 7. The minimum atomic E-state index is -1.21. The average Bonchev–Trinajstić information content (AvgIpc) is 2.65. The molecule has 0 heterocycles. The van der Waals surface area contributed by atoms with E-state index in [9.17, 15) is 29.1 Å². The molecule has 0 aromatic rings. The fourth-order valence-corrected chi connectivity index (χ4v) is 2.62. The molecule has 4 unspecified atom stereocenters. The molecule has 0 saturated carbocycles. The van der Waals surface area contributed by atoms with Crippen LogP contribution in [0.2, 0.25) is 0 Å². The van der Waals surface area contributed by atoms with E-state index in [1.165, 1.54) is 0 Å². The van der Waals surface area contributed by atoms with Crippen LogP contribution in [0.3, 0.4) is 0 Å². The molecule has 0 saturated heterocycles. The number of aliphatic carboxylic acids is 1. The lowest BCUT2D eigenvalue weighted by Crippen LogP contribution is -2.58. The Morgan fingerprint density at radius 2 is 1.37 bits per heavy atom. The Labute approximate surface area is 181 Å². The van der Waals surface area contributed by atoms with Gasteiger partial charge in [0.2, 0.25) is 23.6 Å². The number of thiol groups is 1. The van der Waals surface area contributed by atoms with E-state index in [1.54, 1.807) is 27.7 Å². The van der Waals surface area contributed by atoms with Crippen molar-refractivity contribution in [1.82, 2.24) is 16.0 Å². The van der Waals surface area contributed by atoms with Crippen molar-refractivity contribution < 1.29 is 29.1 Å². The topological polar surface area (TPSA) is 194 Å². The van der Waals surface area contributed by atoms with E-state index < -0.39 is 53.8 Å². The summed E-state index contributed by atoms with van der Waals surface area (Å²) in [4.78, 5) is 59.7. The first-order valence-corrected chi connectivity index (χ1v) is 10.2. The normalized spacial score (nSPS) is 15.1. The van der Waals surface area contributed by atoms with Gasteiger partial charge in [0.25, 0.3) is 0 Å². The van der Waals surface area contributed by atoms with Crippen LogP contribution in [0.1, 0.15) is 40.5 Å². The van der Waals surface area contributed by atoms with Crippen molar-refractivity contribution in [1.29, 1.82) is 0 Å². The highest BCUT2D eigenvalue weighted by Crippen LogP contribution is 2.05. The fourth-order valence-electron chi connectivity index (χ4n) is 2.36. The van der Waals surface area contributed by atoms with Gasteiger partial charge in [0.1, 0.15) is 18.1 Å². The molecule has 0 aromatic carbocycles. The van der Waals surface area contributed by atoms with Gasteiger partial charge in [0.05, 0.1) is 6.04 Å². The van der Waals surface area contributed by atoms with Crippen LogP contribution >= 0.6 is 12.6 Å². The number of nitrogens with one attached hydrogen (secondary N) is 3. The van der Waals surface area contributed by atoms with Crippen molar-refractivity contribution in [3.63, 3.8) is 0 Å². The van der Waals surface area contributed by atoms with E-state index in [2.05, 4.69) is 28.6 Å². The molecule has 0 bridgehead atoms. The van der Waals surface area contributed by atoms with Crippen LogP contribution in [-0.4, -0.2) is 64.6 Å². The van der Waals surface area contributed by atoms with E-state index >= 15 is 0 Å². The third kappa shape index (κ3) is 9.44. The first-order valence-electron chi connectivity index (χ1n) is 9.60. The first kappa shape index (κ1) is 27.7. The number of carbonyl (C=O) groups excluding carboxylic acids is 4. The summed E-state index contributed by atoms with van der Waals surface area (Å²) in [6.45, 7) is 6.72. The zero-order valence-electron chi connectivity index (χ0n) is 17.7. The predicted molar refractivity (Wildman–Crippen MR) is 113 cm³/mol. The SMILES string of the molecule is CC(C)C(N)C(=O)NC(CCC(N)=O)C(=O)NC(CS)C(=O)NC(C(=O)O)C(C)C. The summed E-state index contributed by atoms with van der Waals surface area (Å²) in [6, 6.07) is -4.34. The third-order valence-corrected chi connectivity index (χ3v) is 4.74. The van der Waals surface area contributed by atoms with Gasteiger partial charge in [-0.15, -0.1) is 0 Å². The molecule has 8 N–H and O–H groups in total. The van der Waals surface area contributed by atoms with Gasteiger partial charge in [0.15, 0.2) is 0 Å².